The Balaban J connectivity index is 1.40. The molecule has 3 aromatic rings. The van der Waals surface area contributed by atoms with E-state index in [9.17, 15) is 9.59 Å². The van der Waals surface area contributed by atoms with Crippen molar-refractivity contribution in [2.24, 2.45) is 0 Å². The summed E-state index contributed by atoms with van der Waals surface area (Å²) in [5.41, 5.74) is 2.59. The summed E-state index contributed by atoms with van der Waals surface area (Å²) in [5, 5.41) is 3.92. The number of esters is 1. The molecule has 0 fully saturated rings. The fourth-order valence-electron chi connectivity index (χ4n) is 2.85. The third-order valence-electron chi connectivity index (χ3n) is 4.29. The summed E-state index contributed by atoms with van der Waals surface area (Å²) in [7, 11) is 0. The molecule has 3 rings (SSSR count). The van der Waals surface area contributed by atoms with E-state index in [0.717, 1.165) is 22.9 Å². The lowest BCUT2D eigenvalue weighted by atomic mass is 10.1. The third kappa shape index (κ3) is 5.13. The van der Waals surface area contributed by atoms with Crippen LogP contribution in [-0.4, -0.2) is 36.6 Å². The van der Waals surface area contributed by atoms with E-state index in [1.807, 2.05) is 37.4 Å². The van der Waals surface area contributed by atoms with Crippen LogP contribution in [0.4, 0.5) is 0 Å². The zero-order valence-electron chi connectivity index (χ0n) is 15.9. The van der Waals surface area contributed by atoms with Gasteiger partial charge in [0, 0.05) is 23.6 Å². The first-order chi connectivity index (χ1) is 13.7. The summed E-state index contributed by atoms with van der Waals surface area (Å²) in [5.74, 6) is -0.154. The molecule has 1 heterocycles. The van der Waals surface area contributed by atoms with Crippen molar-refractivity contribution in [2.75, 3.05) is 19.8 Å². The molecule has 0 saturated heterocycles. The number of carbonyl (C=O) groups excluding carboxylic acids is 2. The molecule has 1 aromatic heterocycles. The Morgan fingerprint density at radius 3 is 2.64 bits per heavy atom. The largest absolute Gasteiger partial charge is 0.494 e. The van der Waals surface area contributed by atoms with E-state index < -0.39 is 5.97 Å². The number of hydrogen-bond acceptors (Lipinski definition) is 4. The van der Waals surface area contributed by atoms with Gasteiger partial charge < -0.3 is 19.8 Å². The van der Waals surface area contributed by atoms with Crippen molar-refractivity contribution in [3.63, 3.8) is 0 Å². The third-order valence-corrected chi connectivity index (χ3v) is 4.29. The average Bonchev–Trinajstić information content (AvgIpc) is 3.14. The second-order valence-corrected chi connectivity index (χ2v) is 6.41. The number of rotatable bonds is 9. The van der Waals surface area contributed by atoms with Crippen molar-refractivity contribution in [2.45, 2.75) is 19.8 Å². The number of carbonyl (C=O) groups is 2. The summed E-state index contributed by atoms with van der Waals surface area (Å²) in [6.07, 6.45) is 3.56. The normalized spacial score (nSPS) is 10.6. The monoisotopic (exact) mass is 380 g/mol. The van der Waals surface area contributed by atoms with Gasteiger partial charge in [0.05, 0.1) is 12.2 Å². The molecule has 0 aliphatic carbocycles. The van der Waals surface area contributed by atoms with Crippen LogP contribution in [0, 0.1) is 0 Å². The number of benzene rings is 2. The van der Waals surface area contributed by atoms with Crippen molar-refractivity contribution in [1.29, 1.82) is 0 Å². The molecule has 0 radical (unpaired) electrons. The summed E-state index contributed by atoms with van der Waals surface area (Å²) < 4.78 is 10.5. The molecule has 2 N–H and O–H groups in total. The van der Waals surface area contributed by atoms with E-state index in [1.165, 1.54) is 0 Å². The first-order valence-corrected chi connectivity index (χ1v) is 9.39. The Morgan fingerprint density at radius 2 is 1.86 bits per heavy atom. The minimum Gasteiger partial charge on any atom is -0.494 e. The van der Waals surface area contributed by atoms with Gasteiger partial charge in [0.2, 0.25) is 0 Å². The Hall–Kier alpha value is -3.28. The second-order valence-electron chi connectivity index (χ2n) is 6.41. The number of hydrogen-bond donors (Lipinski definition) is 2. The number of H-pyrrole nitrogens is 1. The van der Waals surface area contributed by atoms with E-state index >= 15 is 0 Å². The van der Waals surface area contributed by atoms with Crippen LogP contribution in [0.1, 0.15) is 29.3 Å². The molecule has 0 aliphatic rings. The highest BCUT2D eigenvalue weighted by molar-refractivity contribution is 5.91. The number of fused-ring (bicyclic) bond motifs is 1. The molecular formula is C22H24N2O4. The predicted octanol–water partition coefficient (Wildman–Crippen LogP) is 3.47. The van der Waals surface area contributed by atoms with Crippen molar-refractivity contribution < 1.29 is 19.1 Å². The van der Waals surface area contributed by atoms with Gasteiger partial charge in [-0.15, -0.1) is 0 Å². The fourth-order valence-corrected chi connectivity index (χ4v) is 2.85. The number of aromatic nitrogens is 1. The number of para-hydroxylation sites is 1. The van der Waals surface area contributed by atoms with E-state index in [2.05, 4.69) is 10.3 Å². The van der Waals surface area contributed by atoms with Gasteiger partial charge >= 0.3 is 5.97 Å². The molecular weight excluding hydrogens is 356 g/mol. The molecule has 146 valence electrons. The molecule has 1 amide bonds. The molecule has 0 spiro atoms. The molecule has 6 nitrogen and oxygen atoms in total. The molecule has 0 atom stereocenters. The molecule has 0 bridgehead atoms. The lowest BCUT2D eigenvalue weighted by Gasteiger charge is -2.08. The summed E-state index contributed by atoms with van der Waals surface area (Å²) in [6.45, 7) is 2.82. The highest BCUT2D eigenvalue weighted by Gasteiger charge is 2.10. The topological polar surface area (TPSA) is 80.4 Å². The maximum absolute atomic E-state index is 12.0. The van der Waals surface area contributed by atoms with Gasteiger partial charge in [0.15, 0.2) is 6.61 Å². The molecule has 0 unspecified atom stereocenters. The molecule has 2 aromatic carbocycles. The van der Waals surface area contributed by atoms with Gasteiger partial charge in [0.1, 0.15) is 5.75 Å². The van der Waals surface area contributed by atoms with Crippen LogP contribution in [0.2, 0.25) is 0 Å². The Kier molecular flexibility index (Phi) is 6.68. The Labute approximate surface area is 163 Å². The van der Waals surface area contributed by atoms with E-state index in [-0.39, 0.29) is 12.5 Å². The first-order valence-electron chi connectivity index (χ1n) is 9.39. The van der Waals surface area contributed by atoms with Crippen LogP contribution in [-0.2, 0) is 16.0 Å². The van der Waals surface area contributed by atoms with Gasteiger partial charge in [-0.05, 0) is 48.7 Å². The summed E-state index contributed by atoms with van der Waals surface area (Å²) in [4.78, 5) is 27.2. The van der Waals surface area contributed by atoms with Gasteiger partial charge in [0.25, 0.3) is 5.91 Å². The number of ether oxygens (including phenoxy) is 2. The standard InChI is InChI=1S/C22H24N2O4/c1-2-13-27-18-9-7-16(8-10-18)22(26)28-15-21(25)23-12-11-17-14-24-20-6-4-3-5-19(17)20/h3-10,14,24H,2,11-13,15H2,1H3,(H,23,25). The maximum atomic E-state index is 12.0. The van der Waals surface area contributed by atoms with E-state index in [1.54, 1.807) is 24.3 Å². The molecule has 28 heavy (non-hydrogen) atoms. The van der Waals surface area contributed by atoms with Crippen LogP contribution in [0.25, 0.3) is 10.9 Å². The average molecular weight is 380 g/mol. The lowest BCUT2D eigenvalue weighted by Crippen LogP contribution is -2.30. The van der Waals surface area contributed by atoms with Gasteiger partial charge in [-0.2, -0.15) is 0 Å². The zero-order valence-corrected chi connectivity index (χ0v) is 15.9. The van der Waals surface area contributed by atoms with Gasteiger partial charge in [-0.3, -0.25) is 4.79 Å². The predicted molar refractivity (Wildman–Crippen MR) is 108 cm³/mol. The van der Waals surface area contributed by atoms with Crippen LogP contribution in [0.5, 0.6) is 5.75 Å². The van der Waals surface area contributed by atoms with Crippen LogP contribution in [0.15, 0.2) is 54.7 Å². The van der Waals surface area contributed by atoms with Gasteiger partial charge in [-0.25, -0.2) is 4.79 Å². The van der Waals surface area contributed by atoms with Crippen LogP contribution in [0.3, 0.4) is 0 Å². The molecule has 6 heteroatoms. The van der Waals surface area contributed by atoms with Crippen molar-refractivity contribution in [1.82, 2.24) is 10.3 Å². The SMILES string of the molecule is CCCOc1ccc(C(=O)OCC(=O)NCCc2c[nH]c3ccccc23)cc1. The van der Waals surface area contributed by atoms with Crippen molar-refractivity contribution in [3.05, 3.63) is 65.9 Å². The maximum Gasteiger partial charge on any atom is 0.338 e. The summed E-state index contributed by atoms with van der Waals surface area (Å²) >= 11 is 0. The van der Waals surface area contributed by atoms with Crippen LogP contribution < -0.4 is 10.1 Å². The van der Waals surface area contributed by atoms with Crippen LogP contribution >= 0.6 is 0 Å². The van der Waals surface area contributed by atoms with E-state index in [4.69, 9.17) is 9.47 Å². The number of amides is 1. The Morgan fingerprint density at radius 1 is 1.07 bits per heavy atom. The number of aromatic amines is 1. The smallest absolute Gasteiger partial charge is 0.338 e. The first kappa shape index (κ1) is 19.5. The van der Waals surface area contributed by atoms with Crippen molar-refractivity contribution in [3.8, 4) is 5.75 Å². The van der Waals surface area contributed by atoms with E-state index in [0.29, 0.717) is 30.9 Å². The van der Waals surface area contributed by atoms with Gasteiger partial charge in [-0.1, -0.05) is 25.1 Å². The molecule has 0 saturated carbocycles. The number of nitrogens with one attached hydrogen (secondary N) is 2. The second kappa shape index (κ2) is 9.60. The summed E-state index contributed by atoms with van der Waals surface area (Å²) in [6, 6.07) is 14.7. The minimum atomic E-state index is -0.533. The highest BCUT2D eigenvalue weighted by atomic mass is 16.5. The van der Waals surface area contributed by atoms with Crippen molar-refractivity contribution >= 4 is 22.8 Å². The Bertz CT molecular complexity index is 931. The minimum absolute atomic E-state index is 0.305. The fraction of sp³-hybridized carbons (Fsp3) is 0.273. The highest BCUT2D eigenvalue weighted by Crippen LogP contribution is 2.17. The lowest BCUT2D eigenvalue weighted by molar-refractivity contribution is -0.124. The zero-order chi connectivity index (χ0) is 19.8. The quantitative estimate of drug-likeness (QED) is 0.557. The molecule has 0 aliphatic heterocycles.